The van der Waals surface area contributed by atoms with E-state index in [-0.39, 0.29) is 24.0 Å². The maximum absolute atomic E-state index is 12.4. The summed E-state index contributed by atoms with van der Waals surface area (Å²) < 4.78 is 4.73. The Morgan fingerprint density at radius 3 is 2.82 bits per heavy atom. The number of hydrogen-bond acceptors (Lipinski definition) is 4. The molecule has 1 unspecified atom stereocenters. The van der Waals surface area contributed by atoms with E-state index >= 15 is 0 Å². The summed E-state index contributed by atoms with van der Waals surface area (Å²) >= 11 is 1.66. The number of amides is 1. The van der Waals surface area contributed by atoms with Gasteiger partial charge in [-0.3, -0.25) is 9.59 Å². The Bertz CT molecular complexity index is 599. The lowest BCUT2D eigenvalue weighted by Gasteiger charge is -2.33. The van der Waals surface area contributed by atoms with Crippen molar-refractivity contribution in [1.82, 2.24) is 4.90 Å². The molecule has 0 spiro atoms. The van der Waals surface area contributed by atoms with Crippen molar-refractivity contribution in [3.05, 3.63) is 41.3 Å². The first-order valence-corrected chi connectivity index (χ1v) is 8.31. The van der Waals surface area contributed by atoms with Gasteiger partial charge in [0.1, 0.15) is 0 Å². The molecule has 2 aliphatic heterocycles. The van der Waals surface area contributed by atoms with Crippen molar-refractivity contribution in [1.29, 1.82) is 0 Å². The molecule has 2 atom stereocenters. The summed E-state index contributed by atoms with van der Waals surface area (Å²) in [4.78, 5) is 28.1. The van der Waals surface area contributed by atoms with Crippen LogP contribution in [0.5, 0.6) is 0 Å². The van der Waals surface area contributed by atoms with Crippen LogP contribution in [0.15, 0.2) is 46.2 Å². The Hall–Kier alpha value is -1.75. The second-order valence-corrected chi connectivity index (χ2v) is 6.84. The first-order valence-electron chi connectivity index (χ1n) is 7.50. The molecule has 0 bridgehead atoms. The standard InChI is InChI=1S/C17H19NO3S/c1-21-17(20)10-13-8-7-12-9-15(11-16(19)18(12)13)22-14-5-3-2-4-6-14/h2-6,11-13H,7-10H2,1H3/t12-,13?/m0/s1. The molecule has 4 nitrogen and oxygen atoms in total. The molecule has 0 saturated carbocycles. The van der Waals surface area contributed by atoms with Gasteiger partial charge in [0, 0.05) is 23.1 Å². The number of methoxy groups -OCH3 is 1. The third-order valence-electron chi connectivity index (χ3n) is 4.22. The van der Waals surface area contributed by atoms with Gasteiger partial charge in [0.25, 0.3) is 0 Å². The second kappa shape index (κ2) is 6.57. The van der Waals surface area contributed by atoms with E-state index in [2.05, 4.69) is 12.1 Å². The van der Waals surface area contributed by atoms with E-state index in [1.165, 1.54) is 7.11 Å². The van der Waals surface area contributed by atoms with Crippen LogP contribution in [-0.4, -0.2) is 36.0 Å². The summed E-state index contributed by atoms with van der Waals surface area (Å²) in [6.07, 6.45) is 4.74. The Morgan fingerprint density at radius 2 is 2.09 bits per heavy atom. The normalized spacial score (nSPS) is 24.0. The largest absolute Gasteiger partial charge is 0.469 e. The quantitative estimate of drug-likeness (QED) is 0.801. The first-order chi connectivity index (χ1) is 10.7. The Morgan fingerprint density at radius 1 is 1.32 bits per heavy atom. The lowest BCUT2D eigenvalue weighted by Crippen LogP contribution is -2.43. The Balaban J connectivity index is 1.70. The van der Waals surface area contributed by atoms with Crippen LogP contribution in [0.4, 0.5) is 0 Å². The fraction of sp³-hybridized carbons (Fsp3) is 0.412. The monoisotopic (exact) mass is 317 g/mol. The minimum atomic E-state index is -0.244. The van der Waals surface area contributed by atoms with E-state index in [1.54, 1.807) is 17.8 Å². The molecule has 1 amide bonds. The highest BCUT2D eigenvalue weighted by Gasteiger charge is 2.40. The predicted octanol–water partition coefficient (Wildman–Crippen LogP) is 2.99. The first kappa shape index (κ1) is 15.2. The van der Waals surface area contributed by atoms with Gasteiger partial charge < -0.3 is 9.64 Å². The predicted molar refractivity (Wildman–Crippen MR) is 85.3 cm³/mol. The summed E-state index contributed by atoms with van der Waals surface area (Å²) in [5.41, 5.74) is 0. The van der Waals surface area contributed by atoms with Gasteiger partial charge in [-0.1, -0.05) is 30.0 Å². The maximum atomic E-state index is 12.4. The van der Waals surface area contributed by atoms with Crippen molar-refractivity contribution in [3.8, 4) is 0 Å². The van der Waals surface area contributed by atoms with Gasteiger partial charge in [0.15, 0.2) is 0 Å². The van der Waals surface area contributed by atoms with E-state index in [4.69, 9.17) is 4.74 Å². The number of hydrogen-bond donors (Lipinski definition) is 0. The third-order valence-corrected chi connectivity index (χ3v) is 5.27. The molecule has 0 aromatic heterocycles. The molecule has 0 N–H and O–H groups in total. The second-order valence-electron chi connectivity index (χ2n) is 5.64. The fourth-order valence-corrected chi connectivity index (χ4v) is 4.24. The van der Waals surface area contributed by atoms with Crippen LogP contribution in [0.25, 0.3) is 0 Å². The van der Waals surface area contributed by atoms with Gasteiger partial charge in [0.2, 0.25) is 5.91 Å². The SMILES string of the molecule is COC(=O)CC1CC[C@H]2CC(Sc3ccccc3)=CC(=O)N12. The number of carbonyl (C=O) groups is 2. The third kappa shape index (κ3) is 3.19. The molecule has 1 saturated heterocycles. The minimum Gasteiger partial charge on any atom is -0.469 e. The molecule has 22 heavy (non-hydrogen) atoms. The van der Waals surface area contributed by atoms with Gasteiger partial charge in [0.05, 0.1) is 13.5 Å². The van der Waals surface area contributed by atoms with E-state index in [0.29, 0.717) is 6.42 Å². The number of carbonyl (C=O) groups excluding carboxylic acids is 2. The van der Waals surface area contributed by atoms with Crippen molar-refractivity contribution >= 4 is 23.6 Å². The Labute approximate surface area is 134 Å². The van der Waals surface area contributed by atoms with Gasteiger partial charge >= 0.3 is 5.97 Å². The van der Waals surface area contributed by atoms with Crippen LogP contribution in [0.2, 0.25) is 0 Å². The molecule has 2 aliphatic rings. The molecular weight excluding hydrogens is 298 g/mol. The summed E-state index contributed by atoms with van der Waals surface area (Å²) in [5, 5.41) is 0. The zero-order chi connectivity index (χ0) is 15.5. The molecule has 3 rings (SSSR count). The van der Waals surface area contributed by atoms with Crippen molar-refractivity contribution in [3.63, 3.8) is 0 Å². The smallest absolute Gasteiger partial charge is 0.307 e. The lowest BCUT2D eigenvalue weighted by molar-refractivity contribution is -0.142. The van der Waals surface area contributed by atoms with Gasteiger partial charge in [-0.05, 0) is 36.3 Å². The Kier molecular flexibility index (Phi) is 4.52. The fourth-order valence-electron chi connectivity index (χ4n) is 3.21. The highest BCUT2D eigenvalue weighted by atomic mass is 32.2. The van der Waals surface area contributed by atoms with Crippen LogP contribution in [0.1, 0.15) is 25.7 Å². The molecule has 0 radical (unpaired) electrons. The summed E-state index contributed by atoms with van der Waals surface area (Å²) in [6.45, 7) is 0. The number of fused-ring (bicyclic) bond motifs is 1. The number of ether oxygens (including phenoxy) is 1. The number of esters is 1. The van der Waals surface area contributed by atoms with Crippen molar-refractivity contribution in [2.45, 2.75) is 42.7 Å². The zero-order valence-corrected chi connectivity index (χ0v) is 13.3. The molecule has 2 heterocycles. The number of benzene rings is 1. The van der Waals surface area contributed by atoms with Crippen LogP contribution in [0.3, 0.4) is 0 Å². The zero-order valence-electron chi connectivity index (χ0n) is 12.5. The van der Waals surface area contributed by atoms with Crippen molar-refractivity contribution in [2.24, 2.45) is 0 Å². The molecular formula is C17H19NO3S. The molecule has 1 aromatic rings. The van der Waals surface area contributed by atoms with Crippen molar-refractivity contribution in [2.75, 3.05) is 7.11 Å². The molecule has 1 fully saturated rings. The highest BCUT2D eigenvalue weighted by molar-refractivity contribution is 8.03. The molecule has 0 aliphatic carbocycles. The topological polar surface area (TPSA) is 46.6 Å². The molecule has 116 valence electrons. The maximum Gasteiger partial charge on any atom is 0.307 e. The van der Waals surface area contributed by atoms with Gasteiger partial charge in [-0.25, -0.2) is 0 Å². The van der Waals surface area contributed by atoms with E-state index in [1.807, 2.05) is 23.1 Å². The average molecular weight is 317 g/mol. The van der Waals surface area contributed by atoms with Crippen molar-refractivity contribution < 1.29 is 14.3 Å². The molecule has 5 heteroatoms. The highest BCUT2D eigenvalue weighted by Crippen LogP contribution is 2.39. The number of thioether (sulfide) groups is 1. The summed E-state index contributed by atoms with van der Waals surface area (Å²) in [6, 6.07) is 10.3. The van der Waals surface area contributed by atoms with Gasteiger partial charge in [-0.2, -0.15) is 0 Å². The van der Waals surface area contributed by atoms with Crippen LogP contribution in [0, 0.1) is 0 Å². The lowest BCUT2D eigenvalue weighted by atomic mass is 10.1. The average Bonchev–Trinajstić information content (AvgIpc) is 2.91. The number of nitrogens with zero attached hydrogens (tertiary/aromatic N) is 1. The summed E-state index contributed by atoms with van der Waals surface area (Å²) in [5.74, 6) is -0.215. The van der Waals surface area contributed by atoms with Crippen LogP contribution in [-0.2, 0) is 14.3 Å². The van der Waals surface area contributed by atoms with E-state index in [9.17, 15) is 9.59 Å². The van der Waals surface area contributed by atoms with Crippen LogP contribution < -0.4 is 0 Å². The minimum absolute atomic E-state index is 0.00975. The molecule has 1 aromatic carbocycles. The summed E-state index contributed by atoms with van der Waals surface area (Å²) in [7, 11) is 1.39. The van der Waals surface area contributed by atoms with Crippen LogP contribution >= 0.6 is 11.8 Å². The van der Waals surface area contributed by atoms with Gasteiger partial charge in [-0.15, -0.1) is 0 Å². The van der Waals surface area contributed by atoms with E-state index in [0.717, 1.165) is 29.1 Å². The van der Waals surface area contributed by atoms with E-state index < -0.39 is 0 Å². The number of rotatable bonds is 4.